The van der Waals surface area contributed by atoms with Gasteiger partial charge in [-0.25, -0.2) is 4.79 Å². The zero-order valence-corrected chi connectivity index (χ0v) is 16.7. The van der Waals surface area contributed by atoms with Crippen molar-refractivity contribution in [3.05, 3.63) is 102 Å². The standard InChI is InChI=1S/C25H25N3O/c1-28(2)23-17-15-20(16-18-23)10-9-19-26-25(29)27-24(21-11-5-3-6-12-21)22-13-7-4-8-14-22/h3-8,11-18,24H,19H2,1-2H3,(H2,26,27,29). The van der Waals surface area contributed by atoms with Crippen molar-refractivity contribution in [3.63, 3.8) is 0 Å². The summed E-state index contributed by atoms with van der Waals surface area (Å²) in [5.74, 6) is 6.07. The summed E-state index contributed by atoms with van der Waals surface area (Å²) in [6.07, 6.45) is 0. The van der Waals surface area contributed by atoms with Crippen LogP contribution in [0.3, 0.4) is 0 Å². The van der Waals surface area contributed by atoms with Crippen LogP contribution in [0, 0.1) is 11.8 Å². The number of rotatable bonds is 5. The monoisotopic (exact) mass is 383 g/mol. The second kappa shape index (κ2) is 10.0. The Kier molecular flexibility index (Phi) is 6.91. The third-order valence-corrected chi connectivity index (χ3v) is 4.50. The molecule has 3 rings (SSSR count). The molecule has 0 saturated carbocycles. The Morgan fingerprint density at radius 1 is 0.862 bits per heavy atom. The Balaban J connectivity index is 1.60. The molecule has 4 nitrogen and oxygen atoms in total. The number of nitrogens with zero attached hydrogens (tertiary/aromatic N) is 1. The topological polar surface area (TPSA) is 44.4 Å². The van der Waals surface area contributed by atoms with Crippen LogP contribution in [0.15, 0.2) is 84.9 Å². The summed E-state index contributed by atoms with van der Waals surface area (Å²) in [5.41, 5.74) is 4.10. The van der Waals surface area contributed by atoms with Crippen LogP contribution in [0.2, 0.25) is 0 Å². The molecule has 0 spiro atoms. The van der Waals surface area contributed by atoms with Crippen LogP contribution in [0.4, 0.5) is 10.5 Å². The van der Waals surface area contributed by atoms with Crippen molar-refractivity contribution >= 4 is 11.7 Å². The molecule has 2 N–H and O–H groups in total. The molecule has 4 heteroatoms. The minimum atomic E-state index is -0.250. The molecule has 0 atom stereocenters. The van der Waals surface area contributed by atoms with Gasteiger partial charge in [-0.15, -0.1) is 0 Å². The predicted molar refractivity (Wildman–Crippen MR) is 119 cm³/mol. The summed E-state index contributed by atoms with van der Waals surface area (Å²) >= 11 is 0. The third kappa shape index (κ3) is 5.88. The van der Waals surface area contributed by atoms with E-state index in [-0.39, 0.29) is 18.6 Å². The normalized spacial score (nSPS) is 10.0. The predicted octanol–water partition coefficient (Wildman–Crippen LogP) is 4.19. The van der Waals surface area contributed by atoms with E-state index in [1.54, 1.807) is 0 Å². The first-order valence-electron chi connectivity index (χ1n) is 9.54. The molecule has 0 aliphatic rings. The molecular weight excluding hydrogens is 358 g/mol. The highest BCUT2D eigenvalue weighted by atomic mass is 16.2. The lowest BCUT2D eigenvalue weighted by Crippen LogP contribution is -2.38. The number of anilines is 1. The maximum absolute atomic E-state index is 12.4. The van der Waals surface area contributed by atoms with Gasteiger partial charge < -0.3 is 15.5 Å². The fourth-order valence-corrected chi connectivity index (χ4v) is 2.95. The number of amides is 2. The fraction of sp³-hybridized carbons (Fsp3) is 0.160. The van der Waals surface area contributed by atoms with E-state index in [0.29, 0.717) is 0 Å². The Morgan fingerprint density at radius 2 is 1.41 bits per heavy atom. The van der Waals surface area contributed by atoms with E-state index in [1.807, 2.05) is 104 Å². The zero-order valence-electron chi connectivity index (χ0n) is 16.7. The van der Waals surface area contributed by atoms with Crippen LogP contribution in [0.1, 0.15) is 22.7 Å². The van der Waals surface area contributed by atoms with Gasteiger partial charge in [-0.3, -0.25) is 0 Å². The van der Waals surface area contributed by atoms with Crippen molar-refractivity contribution in [2.24, 2.45) is 0 Å². The molecule has 0 aliphatic carbocycles. The molecule has 0 bridgehead atoms. The van der Waals surface area contributed by atoms with Crippen molar-refractivity contribution in [2.75, 3.05) is 25.5 Å². The molecule has 0 fully saturated rings. The molecule has 29 heavy (non-hydrogen) atoms. The van der Waals surface area contributed by atoms with E-state index in [9.17, 15) is 4.79 Å². The fourth-order valence-electron chi connectivity index (χ4n) is 2.95. The van der Waals surface area contributed by atoms with E-state index in [4.69, 9.17) is 0 Å². The lowest BCUT2D eigenvalue weighted by atomic mass is 9.99. The van der Waals surface area contributed by atoms with E-state index >= 15 is 0 Å². The number of carbonyl (C=O) groups excluding carboxylic acids is 1. The first-order valence-corrected chi connectivity index (χ1v) is 9.54. The highest BCUT2D eigenvalue weighted by Crippen LogP contribution is 2.21. The van der Waals surface area contributed by atoms with Crippen molar-refractivity contribution in [1.29, 1.82) is 0 Å². The first-order chi connectivity index (χ1) is 14.1. The average molecular weight is 383 g/mol. The van der Waals surface area contributed by atoms with Crippen LogP contribution in [0.25, 0.3) is 0 Å². The Bertz CT molecular complexity index is 932. The molecule has 2 amide bonds. The quantitative estimate of drug-likeness (QED) is 0.649. The molecule has 0 aliphatic heterocycles. The van der Waals surface area contributed by atoms with Crippen LogP contribution in [-0.4, -0.2) is 26.7 Å². The molecule has 146 valence electrons. The maximum Gasteiger partial charge on any atom is 0.316 e. The summed E-state index contributed by atoms with van der Waals surface area (Å²) < 4.78 is 0. The number of urea groups is 1. The third-order valence-electron chi connectivity index (χ3n) is 4.50. The summed E-state index contributed by atoms with van der Waals surface area (Å²) in [7, 11) is 4.00. The van der Waals surface area contributed by atoms with Gasteiger partial charge in [-0.1, -0.05) is 72.5 Å². The number of benzene rings is 3. The van der Waals surface area contributed by atoms with Gasteiger partial charge in [0.15, 0.2) is 0 Å². The van der Waals surface area contributed by atoms with Gasteiger partial charge in [-0.05, 0) is 35.4 Å². The van der Waals surface area contributed by atoms with Crippen LogP contribution >= 0.6 is 0 Å². The second-order valence-electron chi connectivity index (χ2n) is 6.82. The molecule has 3 aromatic carbocycles. The second-order valence-corrected chi connectivity index (χ2v) is 6.82. The Morgan fingerprint density at radius 3 is 1.93 bits per heavy atom. The van der Waals surface area contributed by atoms with Crippen molar-refractivity contribution in [2.45, 2.75) is 6.04 Å². The number of nitrogens with one attached hydrogen (secondary N) is 2. The van der Waals surface area contributed by atoms with E-state index < -0.39 is 0 Å². The van der Waals surface area contributed by atoms with Gasteiger partial charge >= 0.3 is 6.03 Å². The van der Waals surface area contributed by atoms with Gasteiger partial charge in [-0.2, -0.15) is 0 Å². The lowest BCUT2D eigenvalue weighted by molar-refractivity contribution is 0.240. The molecule has 0 aromatic heterocycles. The largest absolute Gasteiger partial charge is 0.378 e. The summed E-state index contributed by atoms with van der Waals surface area (Å²) in [6.45, 7) is 0.275. The van der Waals surface area contributed by atoms with E-state index in [0.717, 1.165) is 22.4 Å². The molecule has 0 radical (unpaired) electrons. The Labute approximate surface area is 172 Å². The van der Waals surface area contributed by atoms with Crippen molar-refractivity contribution in [3.8, 4) is 11.8 Å². The molecule has 0 heterocycles. The van der Waals surface area contributed by atoms with Gasteiger partial charge in [0.05, 0.1) is 12.6 Å². The lowest BCUT2D eigenvalue weighted by Gasteiger charge is -2.19. The average Bonchev–Trinajstić information content (AvgIpc) is 2.76. The van der Waals surface area contributed by atoms with E-state index in [1.165, 1.54) is 0 Å². The molecule has 0 unspecified atom stereocenters. The molecule has 3 aromatic rings. The number of hydrogen-bond acceptors (Lipinski definition) is 2. The number of hydrogen-bond donors (Lipinski definition) is 2. The van der Waals surface area contributed by atoms with Crippen molar-refractivity contribution < 1.29 is 4.79 Å². The zero-order chi connectivity index (χ0) is 20.5. The van der Waals surface area contributed by atoms with Gasteiger partial charge in [0.1, 0.15) is 0 Å². The van der Waals surface area contributed by atoms with Crippen LogP contribution < -0.4 is 15.5 Å². The number of carbonyl (C=O) groups is 1. The highest BCUT2D eigenvalue weighted by Gasteiger charge is 2.15. The smallest absolute Gasteiger partial charge is 0.316 e. The van der Waals surface area contributed by atoms with Gasteiger partial charge in [0.2, 0.25) is 0 Å². The minimum Gasteiger partial charge on any atom is -0.378 e. The highest BCUT2D eigenvalue weighted by molar-refractivity contribution is 5.75. The Hall–Kier alpha value is -3.71. The summed E-state index contributed by atoms with van der Waals surface area (Å²) in [6, 6.07) is 27.4. The minimum absolute atomic E-state index is 0.219. The molecular formula is C25H25N3O. The first kappa shape index (κ1) is 20.0. The summed E-state index contributed by atoms with van der Waals surface area (Å²) in [4.78, 5) is 14.5. The van der Waals surface area contributed by atoms with Crippen LogP contribution in [0.5, 0.6) is 0 Å². The van der Waals surface area contributed by atoms with Crippen molar-refractivity contribution in [1.82, 2.24) is 10.6 Å². The molecule has 0 saturated heterocycles. The summed E-state index contributed by atoms with van der Waals surface area (Å²) in [5, 5.41) is 5.87. The SMILES string of the molecule is CN(C)c1ccc(C#CCNC(=O)NC(c2ccccc2)c2ccccc2)cc1. The van der Waals surface area contributed by atoms with E-state index in [2.05, 4.69) is 22.5 Å². The van der Waals surface area contributed by atoms with Gasteiger partial charge in [0.25, 0.3) is 0 Å². The van der Waals surface area contributed by atoms with Gasteiger partial charge in [0, 0.05) is 25.3 Å². The van der Waals surface area contributed by atoms with Crippen LogP contribution in [-0.2, 0) is 0 Å². The maximum atomic E-state index is 12.4.